The lowest BCUT2D eigenvalue weighted by Gasteiger charge is -2.27. The highest BCUT2D eigenvalue weighted by molar-refractivity contribution is 5.96. The van der Waals surface area contributed by atoms with E-state index in [4.69, 9.17) is 5.73 Å². The molecule has 0 aliphatic heterocycles. The maximum absolute atomic E-state index is 12.6. The number of anilines is 1. The van der Waals surface area contributed by atoms with Gasteiger partial charge in [0.1, 0.15) is 0 Å². The van der Waals surface area contributed by atoms with E-state index in [1.165, 1.54) is 11.1 Å². The Morgan fingerprint density at radius 3 is 1.93 bits per heavy atom. The summed E-state index contributed by atoms with van der Waals surface area (Å²) >= 11 is 0. The molecule has 0 unspecified atom stereocenters. The Balaban J connectivity index is 2.05. The average Bonchev–Trinajstić information content (AvgIpc) is 2.71. The number of nitrogens with one attached hydrogen (secondary N) is 2. The lowest BCUT2D eigenvalue weighted by molar-refractivity contribution is -0.118. The van der Waals surface area contributed by atoms with Gasteiger partial charge in [0.2, 0.25) is 11.8 Å². The van der Waals surface area contributed by atoms with E-state index in [1.54, 1.807) is 24.3 Å². The first-order valence-electron chi connectivity index (χ1n) is 10.3. The lowest BCUT2D eigenvalue weighted by atomic mass is 9.91. The number of rotatable bonds is 9. The van der Waals surface area contributed by atoms with Crippen LogP contribution < -0.4 is 16.4 Å². The van der Waals surface area contributed by atoms with Crippen LogP contribution in [0.25, 0.3) is 0 Å². The molecule has 2 aromatic carbocycles. The molecule has 3 atom stereocenters. The van der Waals surface area contributed by atoms with Crippen LogP contribution in [0.1, 0.15) is 74.5 Å². The fourth-order valence-electron chi connectivity index (χ4n) is 3.25. The van der Waals surface area contributed by atoms with Gasteiger partial charge in [-0.15, -0.1) is 0 Å². The highest BCUT2D eigenvalue weighted by Crippen LogP contribution is 2.26. The summed E-state index contributed by atoms with van der Waals surface area (Å²) in [5, 5.41) is 6.34. The van der Waals surface area contributed by atoms with Gasteiger partial charge in [-0.3, -0.25) is 14.9 Å². The third-order valence-electron chi connectivity index (χ3n) is 5.40. The maximum atomic E-state index is 12.6. The summed E-state index contributed by atoms with van der Waals surface area (Å²) in [6.07, 6.45) is 1.11. The molecule has 29 heavy (non-hydrogen) atoms. The van der Waals surface area contributed by atoms with E-state index >= 15 is 0 Å². The normalized spacial score (nSPS) is 14.3. The molecule has 2 aromatic rings. The monoisotopic (exact) mass is 395 g/mol. The molecule has 0 bridgehead atoms. The fraction of sp³-hybridized carbons (Fsp3) is 0.417. The Morgan fingerprint density at radius 2 is 1.45 bits per heavy atom. The summed E-state index contributed by atoms with van der Waals surface area (Å²) in [4.78, 5) is 23.8. The third kappa shape index (κ3) is 6.16. The molecule has 0 fully saturated rings. The highest BCUT2D eigenvalue weighted by Gasteiger charge is 2.22. The van der Waals surface area contributed by atoms with E-state index in [0.29, 0.717) is 23.1 Å². The van der Waals surface area contributed by atoms with Crippen LogP contribution in [-0.4, -0.2) is 17.9 Å². The molecule has 2 amide bonds. The number of amides is 2. The van der Waals surface area contributed by atoms with Crippen molar-refractivity contribution in [1.82, 2.24) is 5.32 Å². The van der Waals surface area contributed by atoms with Crippen molar-refractivity contribution in [2.75, 3.05) is 5.32 Å². The second-order valence-electron chi connectivity index (χ2n) is 8.02. The highest BCUT2D eigenvalue weighted by atomic mass is 16.2. The molecule has 0 heterocycles. The Hall–Kier alpha value is -2.66. The summed E-state index contributed by atoms with van der Waals surface area (Å²) in [5.41, 5.74) is 8.81. The van der Waals surface area contributed by atoms with Crippen LogP contribution in [0.4, 0.5) is 5.69 Å². The van der Waals surface area contributed by atoms with Gasteiger partial charge in [-0.2, -0.15) is 0 Å². The second-order valence-corrected chi connectivity index (χ2v) is 8.02. The second kappa shape index (κ2) is 10.2. The minimum atomic E-state index is -0.489. The van der Waals surface area contributed by atoms with Crippen LogP contribution in [0.5, 0.6) is 0 Å². The number of carbonyl (C=O) groups excluding carboxylic acids is 2. The van der Waals surface area contributed by atoms with Gasteiger partial charge in [-0.25, -0.2) is 0 Å². The minimum absolute atomic E-state index is 0.0685. The Kier molecular flexibility index (Phi) is 7.97. The number of hydrogen-bond acceptors (Lipinski definition) is 3. The summed E-state index contributed by atoms with van der Waals surface area (Å²) in [7, 11) is 0. The van der Waals surface area contributed by atoms with Crippen molar-refractivity contribution in [1.29, 1.82) is 0 Å². The van der Waals surface area contributed by atoms with Gasteiger partial charge < -0.3 is 11.1 Å². The summed E-state index contributed by atoms with van der Waals surface area (Å²) in [5.74, 6) is 0.255. The fourth-order valence-corrected chi connectivity index (χ4v) is 3.25. The molecule has 0 aliphatic carbocycles. The van der Waals surface area contributed by atoms with Crippen LogP contribution >= 0.6 is 0 Å². The zero-order valence-electron chi connectivity index (χ0n) is 18.0. The molecule has 2 rings (SSSR count). The van der Waals surface area contributed by atoms with Crippen molar-refractivity contribution in [2.45, 2.75) is 59.0 Å². The van der Waals surface area contributed by atoms with Crippen LogP contribution in [0.2, 0.25) is 0 Å². The molecule has 4 N–H and O–H groups in total. The first-order chi connectivity index (χ1) is 13.7. The van der Waals surface area contributed by atoms with Gasteiger partial charge in [-0.05, 0) is 60.6 Å². The summed E-state index contributed by atoms with van der Waals surface area (Å²) < 4.78 is 0. The quantitative estimate of drug-likeness (QED) is 0.579. The van der Waals surface area contributed by atoms with Crippen LogP contribution in [-0.2, 0) is 4.79 Å². The van der Waals surface area contributed by atoms with E-state index in [-0.39, 0.29) is 18.0 Å². The number of hydrogen-bond donors (Lipinski definition) is 3. The first-order valence-corrected chi connectivity index (χ1v) is 10.3. The van der Waals surface area contributed by atoms with Gasteiger partial charge in [0.25, 0.3) is 0 Å². The van der Waals surface area contributed by atoms with E-state index in [9.17, 15) is 9.59 Å². The molecular formula is C24H33N3O2. The summed E-state index contributed by atoms with van der Waals surface area (Å²) in [6, 6.07) is 14.9. The predicted molar refractivity (Wildman–Crippen MR) is 119 cm³/mol. The van der Waals surface area contributed by atoms with Gasteiger partial charge in [0.15, 0.2) is 0 Å². The SMILES string of the molecule is CC[C@H](C)c1ccc([C@@H](N[C@H](C)C(=O)Nc2ccc(C(N)=O)cc2)C(C)C)cc1. The molecule has 5 heteroatoms. The lowest BCUT2D eigenvalue weighted by Crippen LogP contribution is -2.41. The molecule has 0 aliphatic rings. The van der Waals surface area contributed by atoms with Crippen LogP contribution in [0.15, 0.2) is 48.5 Å². The number of primary amides is 1. The molecule has 0 spiro atoms. The third-order valence-corrected chi connectivity index (χ3v) is 5.40. The topological polar surface area (TPSA) is 84.2 Å². The summed E-state index contributed by atoms with van der Waals surface area (Å²) in [6.45, 7) is 10.6. The maximum Gasteiger partial charge on any atom is 0.248 e. The zero-order valence-corrected chi connectivity index (χ0v) is 18.0. The number of benzene rings is 2. The number of carbonyl (C=O) groups is 2. The van der Waals surface area contributed by atoms with Crippen LogP contribution in [0, 0.1) is 5.92 Å². The van der Waals surface area contributed by atoms with E-state index in [2.05, 4.69) is 62.6 Å². The molecule has 0 radical (unpaired) electrons. The molecule has 0 saturated carbocycles. The van der Waals surface area contributed by atoms with Gasteiger partial charge in [0, 0.05) is 17.3 Å². The smallest absolute Gasteiger partial charge is 0.248 e. The zero-order chi connectivity index (χ0) is 21.6. The first kappa shape index (κ1) is 22.6. The van der Waals surface area contributed by atoms with E-state index in [1.807, 2.05) is 6.92 Å². The largest absolute Gasteiger partial charge is 0.366 e. The number of nitrogens with two attached hydrogens (primary N) is 1. The Morgan fingerprint density at radius 1 is 0.897 bits per heavy atom. The van der Waals surface area contributed by atoms with E-state index < -0.39 is 5.91 Å². The van der Waals surface area contributed by atoms with E-state index in [0.717, 1.165) is 6.42 Å². The molecule has 5 nitrogen and oxygen atoms in total. The Labute approximate surface area is 174 Å². The minimum Gasteiger partial charge on any atom is -0.366 e. The molecule has 0 aromatic heterocycles. The Bertz CT molecular complexity index is 813. The molecule has 156 valence electrons. The average molecular weight is 396 g/mol. The van der Waals surface area contributed by atoms with Crippen molar-refractivity contribution in [3.8, 4) is 0 Å². The van der Waals surface area contributed by atoms with Crippen molar-refractivity contribution in [2.24, 2.45) is 11.7 Å². The molecule has 0 saturated heterocycles. The van der Waals surface area contributed by atoms with Crippen LogP contribution in [0.3, 0.4) is 0 Å². The van der Waals surface area contributed by atoms with Gasteiger partial charge >= 0.3 is 0 Å². The predicted octanol–water partition coefficient (Wildman–Crippen LogP) is 4.61. The van der Waals surface area contributed by atoms with Crippen molar-refractivity contribution in [3.63, 3.8) is 0 Å². The van der Waals surface area contributed by atoms with Gasteiger partial charge in [0.05, 0.1) is 6.04 Å². The standard InChI is InChI=1S/C24H33N3O2/c1-6-16(4)18-7-9-19(10-8-18)22(15(2)3)26-17(5)24(29)27-21-13-11-20(12-14-21)23(25)28/h7-17,22,26H,6H2,1-5H3,(H2,25,28)(H,27,29)/t16-,17+,22-/m0/s1. The van der Waals surface area contributed by atoms with Crippen molar-refractivity contribution in [3.05, 3.63) is 65.2 Å². The molecular weight excluding hydrogens is 362 g/mol. The van der Waals surface area contributed by atoms with Crippen molar-refractivity contribution < 1.29 is 9.59 Å². The van der Waals surface area contributed by atoms with Gasteiger partial charge in [-0.1, -0.05) is 52.0 Å². The van der Waals surface area contributed by atoms with Crippen molar-refractivity contribution >= 4 is 17.5 Å².